The first kappa shape index (κ1) is 12.0. The Morgan fingerprint density at radius 2 is 1.68 bits per heavy atom. The minimum Gasteiger partial charge on any atom is -0.461 e. The second-order valence-corrected chi connectivity index (χ2v) is 4.83. The monoisotopic (exact) mass is 257 g/mol. The van der Waals surface area contributed by atoms with Crippen molar-refractivity contribution >= 4 is 21.9 Å². The molecule has 19 heavy (non-hydrogen) atoms. The first-order valence-corrected chi connectivity index (χ1v) is 6.19. The third-order valence-corrected chi connectivity index (χ3v) is 3.71. The van der Waals surface area contributed by atoms with Crippen LogP contribution in [-0.4, -0.2) is 0 Å². The summed E-state index contributed by atoms with van der Waals surface area (Å²) in [5, 5.41) is 1.93. The molecule has 3 aromatic rings. The Bertz CT molecular complexity index is 855. The van der Waals surface area contributed by atoms with Gasteiger partial charge in [-0.3, -0.25) is 0 Å². The van der Waals surface area contributed by atoms with Gasteiger partial charge in [0.05, 0.1) is 0 Å². The van der Waals surface area contributed by atoms with Crippen molar-refractivity contribution in [2.24, 2.45) is 5.73 Å². The number of aryl methyl sites for hydroxylation is 3. The van der Waals surface area contributed by atoms with Crippen molar-refractivity contribution in [1.82, 2.24) is 0 Å². The van der Waals surface area contributed by atoms with Crippen molar-refractivity contribution in [3.63, 3.8) is 0 Å². The molecular formula is C15H15NO3. The summed E-state index contributed by atoms with van der Waals surface area (Å²) in [6.45, 7) is 6.16. The highest BCUT2D eigenvalue weighted by Crippen LogP contribution is 2.33. The lowest BCUT2D eigenvalue weighted by molar-refractivity contribution is 0.550. The van der Waals surface area contributed by atoms with E-state index in [1.165, 1.54) is 6.07 Å². The molecule has 0 aliphatic rings. The van der Waals surface area contributed by atoms with Gasteiger partial charge in [0.25, 0.3) is 0 Å². The van der Waals surface area contributed by atoms with Crippen molar-refractivity contribution < 1.29 is 8.83 Å². The van der Waals surface area contributed by atoms with Crippen LogP contribution in [0.3, 0.4) is 0 Å². The van der Waals surface area contributed by atoms with Gasteiger partial charge in [-0.25, -0.2) is 4.79 Å². The molecule has 4 nitrogen and oxygen atoms in total. The molecule has 2 heterocycles. The number of hydrogen-bond acceptors (Lipinski definition) is 4. The summed E-state index contributed by atoms with van der Waals surface area (Å²) in [5.74, 6) is 0.880. The molecule has 0 spiro atoms. The van der Waals surface area contributed by atoms with Crippen LogP contribution in [0.4, 0.5) is 0 Å². The highest BCUT2D eigenvalue weighted by molar-refractivity contribution is 5.99. The van der Waals surface area contributed by atoms with E-state index in [9.17, 15) is 4.79 Å². The number of fused-ring (bicyclic) bond motifs is 2. The SMILES string of the molecule is Cc1oc2c(C)c3oc(=O)cc(CN)c3cc2c1C. The Morgan fingerprint density at radius 3 is 2.37 bits per heavy atom. The number of rotatable bonds is 1. The van der Waals surface area contributed by atoms with Gasteiger partial charge in [0, 0.05) is 28.9 Å². The fourth-order valence-corrected chi connectivity index (χ4v) is 2.50. The molecule has 0 radical (unpaired) electrons. The number of nitrogens with two attached hydrogens (primary N) is 1. The summed E-state index contributed by atoms with van der Waals surface area (Å²) in [6.07, 6.45) is 0. The summed E-state index contributed by atoms with van der Waals surface area (Å²) in [6, 6.07) is 3.45. The van der Waals surface area contributed by atoms with Gasteiger partial charge in [-0.2, -0.15) is 0 Å². The minimum atomic E-state index is -0.379. The maximum absolute atomic E-state index is 11.6. The molecule has 0 saturated heterocycles. The van der Waals surface area contributed by atoms with E-state index in [-0.39, 0.29) is 5.63 Å². The first-order valence-electron chi connectivity index (χ1n) is 6.19. The summed E-state index contributed by atoms with van der Waals surface area (Å²) in [5.41, 5.74) is 9.43. The summed E-state index contributed by atoms with van der Waals surface area (Å²) >= 11 is 0. The molecule has 0 atom stereocenters. The van der Waals surface area contributed by atoms with E-state index < -0.39 is 0 Å². The topological polar surface area (TPSA) is 69.4 Å². The molecule has 2 N–H and O–H groups in total. The standard InChI is InChI=1S/C15H15NO3/c1-7-9(3)18-14-8(2)15-12(5-11(7)14)10(6-16)4-13(17)19-15/h4-5H,6,16H2,1-3H3. The largest absolute Gasteiger partial charge is 0.461 e. The maximum Gasteiger partial charge on any atom is 0.336 e. The van der Waals surface area contributed by atoms with Crippen LogP contribution in [0.5, 0.6) is 0 Å². The van der Waals surface area contributed by atoms with Gasteiger partial charge in [0.2, 0.25) is 0 Å². The van der Waals surface area contributed by atoms with Crippen LogP contribution in [0, 0.1) is 20.8 Å². The molecule has 0 aliphatic carbocycles. The maximum atomic E-state index is 11.6. The predicted octanol–water partition coefficient (Wildman–Crippen LogP) is 2.92. The van der Waals surface area contributed by atoms with Gasteiger partial charge < -0.3 is 14.6 Å². The minimum absolute atomic E-state index is 0.308. The molecular weight excluding hydrogens is 242 g/mol. The smallest absolute Gasteiger partial charge is 0.336 e. The van der Waals surface area contributed by atoms with Crippen LogP contribution >= 0.6 is 0 Å². The van der Waals surface area contributed by atoms with E-state index in [2.05, 4.69) is 0 Å². The van der Waals surface area contributed by atoms with Crippen LogP contribution in [0.2, 0.25) is 0 Å². The number of hydrogen-bond donors (Lipinski definition) is 1. The lowest BCUT2D eigenvalue weighted by atomic mass is 10.0. The number of furan rings is 1. The van der Waals surface area contributed by atoms with E-state index in [4.69, 9.17) is 14.6 Å². The molecule has 3 rings (SSSR count). The van der Waals surface area contributed by atoms with Crippen LogP contribution in [0.15, 0.2) is 25.8 Å². The Morgan fingerprint density at radius 1 is 1.00 bits per heavy atom. The van der Waals surface area contributed by atoms with Gasteiger partial charge in [-0.05, 0) is 38.0 Å². The normalized spacial score (nSPS) is 11.6. The molecule has 4 heteroatoms. The summed E-state index contributed by atoms with van der Waals surface area (Å²) in [7, 11) is 0. The fraction of sp³-hybridized carbons (Fsp3) is 0.267. The van der Waals surface area contributed by atoms with E-state index in [1.807, 2.05) is 26.8 Å². The van der Waals surface area contributed by atoms with Crippen LogP contribution in [-0.2, 0) is 6.54 Å². The van der Waals surface area contributed by atoms with Crippen molar-refractivity contribution in [2.45, 2.75) is 27.3 Å². The molecule has 0 bridgehead atoms. The average Bonchev–Trinajstić information content (AvgIpc) is 2.67. The van der Waals surface area contributed by atoms with Crippen molar-refractivity contribution in [1.29, 1.82) is 0 Å². The highest BCUT2D eigenvalue weighted by Gasteiger charge is 2.16. The Hall–Kier alpha value is -2.07. The van der Waals surface area contributed by atoms with Crippen molar-refractivity contribution in [3.8, 4) is 0 Å². The van der Waals surface area contributed by atoms with Gasteiger partial charge in [-0.15, -0.1) is 0 Å². The van der Waals surface area contributed by atoms with Gasteiger partial charge in [0.1, 0.15) is 16.9 Å². The molecule has 1 aromatic carbocycles. The summed E-state index contributed by atoms with van der Waals surface area (Å²) < 4.78 is 11.1. The van der Waals surface area contributed by atoms with Crippen LogP contribution in [0.1, 0.15) is 22.5 Å². The Kier molecular flexibility index (Phi) is 2.50. The third kappa shape index (κ3) is 1.60. The first-order chi connectivity index (χ1) is 9.02. The van der Waals surface area contributed by atoms with Crippen molar-refractivity contribution in [2.75, 3.05) is 0 Å². The Balaban J connectivity index is 2.60. The molecule has 0 amide bonds. The highest BCUT2D eigenvalue weighted by atomic mass is 16.4. The molecule has 0 fully saturated rings. The average molecular weight is 257 g/mol. The van der Waals surface area contributed by atoms with E-state index >= 15 is 0 Å². The molecule has 0 aliphatic heterocycles. The zero-order valence-corrected chi connectivity index (χ0v) is 11.2. The van der Waals surface area contributed by atoms with Crippen LogP contribution < -0.4 is 11.4 Å². The quantitative estimate of drug-likeness (QED) is 0.680. The number of benzene rings is 1. The van der Waals surface area contributed by atoms with E-state index in [0.29, 0.717) is 12.1 Å². The van der Waals surface area contributed by atoms with E-state index in [1.54, 1.807) is 0 Å². The molecule has 0 unspecified atom stereocenters. The van der Waals surface area contributed by atoms with E-state index in [0.717, 1.165) is 38.8 Å². The third-order valence-electron chi connectivity index (χ3n) is 3.71. The van der Waals surface area contributed by atoms with Gasteiger partial charge in [0.15, 0.2) is 0 Å². The second-order valence-electron chi connectivity index (χ2n) is 4.83. The predicted molar refractivity (Wildman–Crippen MR) is 74.4 cm³/mol. The fourth-order valence-electron chi connectivity index (χ4n) is 2.50. The zero-order valence-electron chi connectivity index (χ0n) is 11.2. The molecule has 0 saturated carbocycles. The van der Waals surface area contributed by atoms with Gasteiger partial charge in [-0.1, -0.05) is 0 Å². The molecule has 2 aromatic heterocycles. The lowest BCUT2D eigenvalue weighted by Gasteiger charge is -2.06. The van der Waals surface area contributed by atoms with Crippen molar-refractivity contribution in [3.05, 3.63) is 45.0 Å². The zero-order chi connectivity index (χ0) is 13.7. The Labute approximate surface area is 109 Å². The lowest BCUT2D eigenvalue weighted by Crippen LogP contribution is -2.05. The van der Waals surface area contributed by atoms with Gasteiger partial charge >= 0.3 is 5.63 Å². The summed E-state index contributed by atoms with van der Waals surface area (Å²) in [4.78, 5) is 11.6. The molecule has 98 valence electrons. The van der Waals surface area contributed by atoms with Crippen LogP contribution in [0.25, 0.3) is 21.9 Å². The second kappa shape index (κ2) is 3.96.